The van der Waals surface area contributed by atoms with Crippen LogP contribution in [0.15, 0.2) is 42.5 Å². The fraction of sp³-hybridized carbons (Fsp3) is 0.333. The van der Waals surface area contributed by atoms with E-state index in [0.29, 0.717) is 0 Å². The van der Waals surface area contributed by atoms with Crippen molar-refractivity contribution in [1.29, 1.82) is 0 Å². The Kier molecular flexibility index (Phi) is 3.46. The molecule has 21 heavy (non-hydrogen) atoms. The number of hydrogen-bond donors (Lipinski definition) is 1. The first-order valence-electron chi connectivity index (χ1n) is 7.25. The van der Waals surface area contributed by atoms with Crippen molar-refractivity contribution in [1.82, 2.24) is 5.32 Å². The summed E-state index contributed by atoms with van der Waals surface area (Å²) in [7, 11) is 1.90. The molecule has 2 atom stereocenters. The minimum absolute atomic E-state index is 0.0787. The third-order valence-electron chi connectivity index (χ3n) is 4.25. The molecule has 1 aliphatic rings. The van der Waals surface area contributed by atoms with E-state index in [-0.39, 0.29) is 11.9 Å². The largest absolute Gasteiger partial charge is 0.482 e. The topological polar surface area (TPSA) is 21.3 Å². The van der Waals surface area contributed by atoms with Crippen LogP contribution in [0.2, 0.25) is 0 Å². The molecule has 110 valence electrons. The summed E-state index contributed by atoms with van der Waals surface area (Å²) in [5.74, 6) is 0.530. The Morgan fingerprint density at radius 2 is 2.05 bits per heavy atom. The van der Waals surface area contributed by atoms with Crippen LogP contribution in [-0.4, -0.2) is 7.05 Å². The predicted molar refractivity (Wildman–Crippen MR) is 82.0 cm³/mol. The van der Waals surface area contributed by atoms with Crippen LogP contribution in [0.1, 0.15) is 36.1 Å². The molecule has 0 saturated carbocycles. The van der Waals surface area contributed by atoms with E-state index in [1.54, 1.807) is 12.1 Å². The molecular formula is C18H20FNO. The van der Waals surface area contributed by atoms with E-state index in [1.807, 2.05) is 13.1 Å². The van der Waals surface area contributed by atoms with Gasteiger partial charge in [-0.3, -0.25) is 0 Å². The van der Waals surface area contributed by atoms with Gasteiger partial charge in [-0.15, -0.1) is 0 Å². The molecule has 2 aromatic carbocycles. The lowest BCUT2D eigenvalue weighted by molar-refractivity contribution is 0.0458. The molecular weight excluding hydrogens is 265 g/mol. The van der Waals surface area contributed by atoms with E-state index in [9.17, 15) is 4.39 Å². The summed E-state index contributed by atoms with van der Waals surface area (Å²) in [5, 5.41) is 3.28. The second-order valence-electron chi connectivity index (χ2n) is 5.93. The highest BCUT2D eigenvalue weighted by molar-refractivity contribution is 5.41. The van der Waals surface area contributed by atoms with Gasteiger partial charge in [0.05, 0.1) is 0 Å². The lowest BCUT2D eigenvalue weighted by Gasteiger charge is -2.40. The van der Waals surface area contributed by atoms with Crippen LogP contribution in [0.25, 0.3) is 0 Å². The molecule has 0 amide bonds. The smallest absolute Gasteiger partial charge is 0.133 e. The highest BCUT2D eigenvalue weighted by Gasteiger charge is 2.38. The summed E-state index contributed by atoms with van der Waals surface area (Å²) < 4.78 is 19.7. The molecule has 0 saturated heterocycles. The van der Waals surface area contributed by atoms with Gasteiger partial charge in [0.1, 0.15) is 17.2 Å². The van der Waals surface area contributed by atoms with Crippen molar-refractivity contribution in [2.45, 2.75) is 31.9 Å². The number of rotatable bonds is 2. The van der Waals surface area contributed by atoms with Crippen LogP contribution < -0.4 is 10.1 Å². The molecule has 0 bridgehead atoms. The fourth-order valence-electron chi connectivity index (χ4n) is 3.08. The average Bonchev–Trinajstić information content (AvgIpc) is 2.47. The molecule has 1 aliphatic heterocycles. The summed E-state index contributed by atoms with van der Waals surface area (Å²) in [6.07, 6.45) is 0.767. The highest BCUT2D eigenvalue weighted by atomic mass is 19.1. The van der Waals surface area contributed by atoms with Crippen molar-refractivity contribution >= 4 is 0 Å². The van der Waals surface area contributed by atoms with Gasteiger partial charge in [-0.2, -0.15) is 0 Å². The van der Waals surface area contributed by atoms with E-state index in [2.05, 4.69) is 37.4 Å². The van der Waals surface area contributed by atoms with Crippen molar-refractivity contribution in [3.63, 3.8) is 0 Å². The summed E-state index contributed by atoms with van der Waals surface area (Å²) in [5.41, 5.74) is 2.84. The molecule has 0 aromatic heterocycles. The Morgan fingerprint density at radius 3 is 2.76 bits per heavy atom. The molecule has 0 fully saturated rings. The van der Waals surface area contributed by atoms with Crippen LogP contribution in [0.4, 0.5) is 4.39 Å². The van der Waals surface area contributed by atoms with Gasteiger partial charge in [0.25, 0.3) is 0 Å². The SMILES string of the molecule is CNC1CC(C)(c2cccc(C)c2)Oc2ccc(F)cc21. The number of aryl methyl sites for hydroxylation is 1. The Balaban J connectivity index is 2.05. The van der Waals surface area contributed by atoms with E-state index in [4.69, 9.17) is 4.74 Å². The zero-order valence-electron chi connectivity index (χ0n) is 12.6. The molecule has 2 nitrogen and oxygen atoms in total. The molecule has 3 heteroatoms. The Morgan fingerprint density at radius 1 is 1.24 bits per heavy atom. The molecule has 3 rings (SSSR count). The van der Waals surface area contributed by atoms with Crippen LogP contribution in [0, 0.1) is 12.7 Å². The maximum absolute atomic E-state index is 13.5. The van der Waals surface area contributed by atoms with Gasteiger partial charge >= 0.3 is 0 Å². The molecule has 0 aliphatic carbocycles. The molecule has 0 spiro atoms. The third-order valence-corrected chi connectivity index (χ3v) is 4.25. The summed E-state index contributed by atoms with van der Waals surface area (Å²) in [6, 6.07) is 13.2. The number of ether oxygens (including phenoxy) is 1. The van der Waals surface area contributed by atoms with Gasteiger partial charge in [0, 0.05) is 18.0 Å². The fourth-order valence-corrected chi connectivity index (χ4v) is 3.08. The van der Waals surface area contributed by atoms with Gasteiger partial charge in [-0.1, -0.05) is 29.8 Å². The predicted octanol–water partition coefficient (Wildman–Crippen LogP) is 4.09. The zero-order chi connectivity index (χ0) is 15.0. The Hall–Kier alpha value is -1.87. The molecule has 1 N–H and O–H groups in total. The molecule has 2 aromatic rings. The first-order chi connectivity index (χ1) is 10.0. The van der Waals surface area contributed by atoms with Crippen molar-refractivity contribution < 1.29 is 9.13 Å². The minimum Gasteiger partial charge on any atom is -0.482 e. The number of benzene rings is 2. The normalized spacial score (nSPS) is 24.3. The van der Waals surface area contributed by atoms with Gasteiger partial charge in [-0.05, 0) is 44.7 Å². The minimum atomic E-state index is -0.412. The first kappa shape index (κ1) is 14.1. The zero-order valence-corrected chi connectivity index (χ0v) is 12.6. The third kappa shape index (κ3) is 2.54. The van der Waals surface area contributed by atoms with Crippen molar-refractivity contribution in [3.05, 3.63) is 65.0 Å². The molecule has 1 heterocycles. The lowest BCUT2D eigenvalue weighted by Crippen LogP contribution is -2.39. The van der Waals surface area contributed by atoms with Crippen LogP contribution in [0.3, 0.4) is 0 Å². The van der Waals surface area contributed by atoms with Crippen molar-refractivity contribution in [2.75, 3.05) is 7.05 Å². The van der Waals surface area contributed by atoms with E-state index in [0.717, 1.165) is 23.3 Å². The first-order valence-corrected chi connectivity index (χ1v) is 7.25. The van der Waals surface area contributed by atoms with E-state index >= 15 is 0 Å². The number of hydrogen-bond acceptors (Lipinski definition) is 2. The van der Waals surface area contributed by atoms with Crippen molar-refractivity contribution in [2.24, 2.45) is 0 Å². The van der Waals surface area contributed by atoms with Gasteiger partial charge in [-0.25, -0.2) is 4.39 Å². The maximum Gasteiger partial charge on any atom is 0.133 e. The number of nitrogens with one attached hydrogen (secondary N) is 1. The van der Waals surface area contributed by atoms with Gasteiger partial charge in [0.15, 0.2) is 0 Å². The number of halogens is 1. The summed E-state index contributed by atoms with van der Waals surface area (Å²) >= 11 is 0. The summed E-state index contributed by atoms with van der Waals surface area (Å²) in [6.45, 7) is 4.17. The van der Waals surface area contributed by atoms with Crippen molar-refractivity contribution in [3.8, 4) is 5.75 Å². The Labute approximate surface area is 125 Å². The summed E-state index contributed by atoms with van der Waals surface area (Å²) in [4.78, 5) is 0. The van der Waals surface area contributed by atoms with Gasteiger partial charge in [0.2, 0.25) is 0 Å². The van der Waals surface area contributed by atoms with Gasteiger partial charge < -0.3 is 10.1 Å². The second kappa shape index (κ2) is 5.15. The molecule has 0 radical (unpaired) electrons. The van der Waals surface area contributed by atoms with E-state index < -0.39 is 5.60 Å². The van der Waals surface area contributed by atoms with Crippen LogP contribution in [0.5, 0.6) is 5.75 Å². The number of fused-ring (bicyclic) bond motifs is 1. The quantitative estimate of drug-likeness (QED) is 0.897. The Bertz CT molecular complexity index is 670. The van der Waals surface area contributed by atoms with E-state index in [1.165, 1.54) is 11.6 Å². The standard InChI is InChI=1S/C18H20FNO/c1-12-5-4-6-13(9-12)18(2)11-16(20-3)15-10-14(19)7-8-17(15)21-18/h4-10,16,20H,11H2,1-3H3. The lowest BCUT2D eigenvalue weighted by atomic mass is 9.83. The maximum atomic E-state index is 13.5. The molecule has 2 unspecified atom stereocenters. The highest BCUT2D eigenvalue weighted by Crippen LogP contribution is 2.44. The second-order valence-corrected chi connectivity index (χ2v) is 5.93. The monoisotopic (exact) mass is 285 g/mol. The van der Waals surface area contributed by atoms with Crippen LogP contribution in [-0.2, 0) is 5.60 Å². The van der Waals surface area contributed by atoms with Crippen LogP contribution >= 0.6 is 0 Å². The average molecular weight is 285 g/mol.